The highest BCUT2D eigenvalue weighted by molar-refractivity contribution is 5.35. The van der Waals surface area contributed by atoms with Gasteiger partial charge in [0.1, 0.15) is 5.82 Å². The van der Waals surface area contributed by atoms with Gasteiger partial charge in [0, 0.05) is 0 Å². The highest BCUT2D eigenvalue weighted by Crippen LogP contribution is 2.49. The van der Waals surface area contributed by atoms with Gasteiger partial charge in [-0.1, -0.05) is 57.6 Å². The van der Waals surface area contributed by atoms with Crippen LogP contribution in [0.3, 0.4) is 0 Å². The minimum absolute atomic E-state index is 0.0159. The van der Waals surface area contributed by atoms with Crippen molar-refractivity contribution < 1.29 is 4.39 Å². The van der Waals surface area contributed by atoms with E-state index in [1.807, 2.05) is 12.1 Å². The van der Waals surface area contributed by atoms with Crippen molar-refractivity contribution in [1.82, 2.24) is 0 Å². The molecule has 5 atom stereocenters. The van der Waals surface area contributed by atoms with Gasteiger partial charge in [-0.3, -0.25) is 0 Å². The molecule has 0 N–H and O–H groups in total. The highest BCUT2D eigenvalue weighted by atomic mass is 19.1. The molecule has 0 radical (unpaired) electrons. The van der Waals surface area contributed by atoms with Crippen molar-refractivity contribution in [2.45, 2.75) is 110 Å². The van der Waals surface area contributed by atoms with Crippen molar-refractivity contribution in [2.24, 2.45) is 29.6 Å². The first kappa shape index (κ1) is 23.1. The molecule has 3 aliphatic rings. The zero-order valence-electron chi connectivity index (χ0n) is 20.0. The second kappa shape index (κ2) is 11.2. The summed E-state index contributed by atoms with van der Waals surface area (Å²) >= 11 is 0. The Morgan fingerprint density at radius 2 is 1.68 bits per heavy atom. The normalized spacial score (nSPS) is 30.5. The summed E-state index contributed by atoms with van der Waals surface area (Å²) in [5, 5.41) is 0. The van der Waals surface area contributed by atoms with E-state index in [4.69, 9.17) is 0 Å². The molecule has 0 saturated heterocycles. The number of benzene rings is 1. The van der Waals surface area contributed by atoms with Gasteiger partial charge < -0.3 is 0 Å². The van der Waals surface area contributed by atoms with E-state index in [0.29, 0.717) is 0 Å². The summed E-state index contributed by atoms with van der Waals surface area (Å²) in [6, 6.07) is 4.05. The summed E-state index contributed by atoms with van der Waals surface area (Å²) in [6.07, 6.45) is 23.2. The molecule has 0 heterocycles. The molecule has 0 nitrogen and oxygen atoms in total. The minimum atomic E-state index is 0.0159. The summed E-state index contributed by atoms with van der Waals surface area (Å²) in [7, 11) is 0. The largest absolute Gasteiger partial charge is 0.207 e. The van der Waals surface area contributed by atoms with Crippen LogP contribution < -0.4 is 0 Å². The van der Waals surface area contributed by atoms with E-state index in [9.17, 15) is 4.39 Å². The number of halogens is 1. The molecule has 1 aromatic rings. The van der Waals surface area contributed by atoms with Crippen LogP contribution in [0.4, 0.5) is 4.39 Å². The molecule has 2 saturated carbocycles. The molecule has 1 heteroatoms. The molecular formula is C30H45F. The average molecular weight is 425 g/mol. The third-order valence-electron chi connectivity index (χ3n) is 9.15. The van der Waals surface area contributed by atoms with Crippen LogP contribution in [0.5, 0.6) is 0 Å². The van der Waals surface area contributed by atoms with Gasteiger partial charge in [-0.25, -0.2) is 4.39 Å². The number of fused-ring (bicyclic) bond motifs is 2. The van der Waals surface area contributed by atoms with Crippen LogP contribution in [0, 0.1) is 35.4 Å². The number of rotatable bonds is 9. The fourth-order valence-electron chi connectivity index (χ4n) is 7.28. The van der Waals surface area contributed by atoms with Gasteiger partial charge in [0.2, 0.25) is 0 Å². The Balaban J connectivity index is 1.29. The summed E-state index contributed by atoms with van der Waals surface area (Å²) in [6.45, 7) is 6.10. The van der Waals surface area contributed by atoms with Crippen LogP contribution >= 0.6 is 0 Å². The zero-order chi connectivity index (χ0) is 21.6. The first-order valence-corrected chi connectivity index (χ1v) is 13.6. The summed E-state index contributed by atoms with van der Waals surface area (Å²) in [5.41, 5.74) is 3.63. The maximum Gasteiger partial charge on any atom is 0.126 e. The van der Waals surface area contributed by atoms with Crippen molar-refractivity contribution in [1.29, 1.82) is 0 Å². The zero-order valence-corrected chi connectivity index (χ0v) is 20.0. The molecule has 4 rings (SSSR count). The van der Waals surface area contributed by atoms with Crippen molar-refractivity contribution >= 4 is 0 Å². The maximum atomic E-state index is 14.6. The lowest BCUT2D eigenvalue weighted by molar-refractivity contribution is 0.0689. The van der Waals surface area contributed by atoms with Crippen LogP contribution in [0.25, 0.3) is 0 Å². The van der Waals surface area contributed by atoms with Gasteiger partial charge >= 0.3 is 0 Å². The van der Waals surface area contributed by atoms with E-state index in [-0.39, 0.29) is 5.82 Å². The van der Waals surface area contributed by atoms with Gasteiger partial charge in [0.15, 0.2) is 0 Å². The van der Waals surface area contributed by atoms with E-state index < -0.39 is 0 Å². The molecule has 1 aromatic carbocycles. The first-order chi connectivity index (χ1) is 15.2. The van der Waals surface area contributed by atoms with Crippen molar-refractivity contribution in [2.75, 3.05) is 0 Å². The Kier molecular flexibility index (Phi) is 8.30. The molecule has 31 heavy (non-hydrogen) atoms. The lowest BCUT2D eigenvalue weighted by Crippen LogP contribution is -2.35. The van der Waals surface area contributed by atoms with Crippen LogP contribution in [0.1, 0.15) is 107 Å². The molecular weight excluding hydrogens is 379 g/mol. The molecule has 172 valence electrons. The second-order valence-corrected chi connectivity index (χ2v) is 11.2. The molecule has 0 aromatic heterocycles. The van der Waals surface area contributed by atoms with Crippen LogP contribution in [-0.2, 0) is 19.3 Å². The number of aryl methyl sites for hydroxylation is 2. The van der Waals surface area contributed by atoms with E-state index in [1.54, 1.807) is 0 Å². The van der Waals surface area contributed by atoms with Crippen LogP contribution in [0.2, 0.25) is 0 Å². The van der Waals surface area contributed by atoms with Crippen molar-refractivity contribution in [3.63, 3.8) is 0 Å². The molecule has 2 fully saturated rings. The van der Waals surface area contributed by atoms with Gasteiger partial charge in [-0.15, -0.1) is 6.58 Å². The van der Waals surface area contributed by atoms with E-state index in [2.05, 4.69) is 19.6 Å². The number of unbranched alkanes of at least 4 members (excludes halogenated alkanes) is 3. The molecule has 0 spiro atoms. The maximum absolute atomic E-state index is 14.6. The second-order valence-electron chi connectivity index (χ2n) is 11.2. The minimum Gasteiger partial charge on any atom is -0.207 e. The molecule has 0 amide bonds. The van der Waals surface area contributed by atoms with E-state index in [0.717, 1.165) is 60.8 Å². The van der Waals surface area contributed by atoms with Gasteiger partial charge in [0.05, 0.1) is 0 Å². The third-order valence-corrected chi connectivity index (χ3v) is 9.15. The lowest BCUT2D eigenvalue weighted by Gasteiger charge is -2.45. The van der Waals surface area contributed by atoms with Gasteiger partial charge in [-0.2, -0.15) is 0 Å². The van der Waals surface area contributed by atoms with Crippen LogP contribution in [0.15, 0.2) is 24.8 Å². The summed E-state index contributed by atoms with van der Waals surface area (Å²) in [4.78, 5) is 0. The SMILES string of the molecule is C=CCCc1cc2c(cc1F)CC(C1CCC3CC(CCCCCC)CCC3C1)CC2. The number of hydrogen-bond acceptors (Lipinski definition) is 0. The molecule has 0 bridgehead atoms. The summed E-state index contributed by atoms with van der Waals surface area (Å²) < 4.78 is 14.6. The summed E-state index contributed by atoms with van der Waals surface area (Å²) in [5.74, 6) is 4.72. The topological polar surface area (TPSA) is 0 Å². The Labute approximate surface area is 191 Å². The van der Waals surface area contributed by atoms with Crippen LogP contribution in [-0.4, -0.2) is 0 Å². The fraction of sp³-hybridized carbons (Fsp3) is 0.733. The standard InChI is InChI=1S/C30H45F/c1-3-5-7-8-9-22-11-12-24-18-25(14-13-23(24)17-22)26-15-16-27-19-28(10-6-4-2)30(31)21-29(27)20-26/h4,19,21-26H,2-3,5-18,20H2,1H3. The van der Waals surface area contributed by atoms with Gasteiger partial charge in [0.25, 0.3) is 0 Å². The number of hydrogen-bond donors (Lipinski definition) is 0. The Morgan fingerprint density at radius 1 is 0.903 bits per heavy atom. The third kappa shape index (κ3) is 5.82. The molecule has 3 aliphatic carbocycles. The molecule has 5 unspecified atom stereocenters. The Hall–Kier alpha value is -1.11. The van der Waals surface area contributed by atoms with Gasteiger partial charge in [-0.05, 0) is 117 Å². The highest BCUT2D eigenvalue weighted by Gasteiger charge is 2.38. The average Bonchev–Trinajstić information content (AvgIpc) is 2.79. The fourth-order valence-corrected chi connectivity index (χ4v) is 7.28. The quantitative estimate of drug-likeness (QED) is 0.274. The molecule has 0 aliphatic heterocycles. The predicted molar refractivity (Wildman–Crippen MR) is 131 cm³/mol. The van der Waals surface area contributed by atoms with E-state index >= 15 is 0 Å². The smallest absolute Gasteiger partial charge is 0.126 e. The Morgan fingerprint density at radius 3 is 2.48 bits per heavy atom. The van der Waals surface area contributed by atoms with Crippen molar-refractivity contribution in [3.8, 4) is 0 Å². The number of allylic oxidation sites excluding steroid dienone is 1. The van der Waals surface area contributed by atoms with Crippen molar-refractivity contribution in [3.05, 3.63) is 47.3 Å². The Bertz CT molecular complexity index is 719. The lowest BCUT2D eigenvalue weighted by atomic mass is 9.60. The predicted octanol–water partition coefficient (Wildman–Crippen LogP) is 8.85. The van der Waals surface area contributed by atoms with E-state index in [1.165, 1.54) is 88.2 Å². The monoisotopic (exact) mass is 424 g/mol. The first-order valence-electron chi connectivity index (χ1n) is 13.6.